The Bertz CT molecular complexity index is 1340. The van der Waals surface area contributed by atoms with E-state index < -0.39 is 12.1 Å². The summed E-state index contributed by atoms with van der Waals surface area (Å²) < 4.78 is 5.48. The summed E-state index contributed by atoms with van der Waals surface area (Å²) in [5.41, 5.74) is 0. The Labute approximate surface area is 499 Å². The van der Waals surface area contributed by atoms with Crippen LogP contribution >= 0.6 is 0 Å². The minimum Gasteiger partial charge on any atom is -0.466 e. The van der Waals surface area contributed by atoms with E-state index in [0.717, 1.165) is 51.4 Å². The Kier molecular flexibility index (Phi) is 67.4. The first-order valence-corrected chi connectivity index (χ1v) is 35.9. The maximum Gasteiger partial charge on any atom is 0.305 e. The Balaban J connectivity index is 3.35. The van der Waals surface area contributed by atoms with Gasteiger partial charge in [-0.2, -0.15) is 0 Å². The molecule has 0 aromatic rings. The third-order valence-corrected chi connectivity index (χ3v) is 16.6. The monoisotopic (exact) mass is 1120 g/mol. The van der Waals surface area contributed by atoms with E-state index >= 15 is 0 Å². The van der Waals surface area contributed by atoms with E-state index in [9.17, 15) is 19.8 Å². The van der Waals surface area contributed by atoms with Gasteiger partial charge in [0.25, 0.3) is 0 Å². The molecule has 6 nitrogen and oxygen atoms in total. The lowest BCUT2D eigenvalue weighted by Gasteiger charge is -2.20. The van der Waals surface area contributed by atoms with Crippen molar-refractivity contribution >= 4 is 11.9 Å². The van der Waals surface area contributed by atoms with Crippen molar-refractivity contribution in [1.29, 1.82) is 0 Å². The quantitative estimate of drug-likeness (QED) is 0.0320. The van der Waals surface area contributed by atoms with E-state index in [-0.39, 0.29) is 18.5 Å². The molecule has 470 valence electrons. The summed E-state index contributed by atoms with van der Waals surface area (Å²) in [5, 5.41) is 23.1. The number of hydrogen-bond acceptors (Lipinski definition) is 5. The van der Waals surface area contributed by atoms with E-state index in [0.29, 0.717) is 19.4 Å². The maximum atomic E-state index is 12.4. The van der Waals surface area contributed by atoms with Crippen molar-refractivity contribution in [2.45, 2.75) is 398 Å². The lowest BCUT2D eigenvalue weighted by Crippen LogP contribution is -2.45. The first-order chi connectivity index (χ1) is 39.5. The largest absolute Gasteiger partial charge is 0.466 e. The van der Waals surface area contributed by atoms with Gasteiger partial charge >= 0.3 is 5.97 Å². The zero-order chi connectivity index (χ0) is 57.8. The first-order valence-electron chi connectivity index (χ1n) is 35.9. The zero-order valence-electron chi connectivity index (χ0n) is 53.8. The van der Waals surface area contributed by atoms with Crippen molar-refractivity contribution < 1.29 is 24.5 Å². The molecule has 0 saturated heterocycles. The van der Waals surface area contributed by atoms with Crippen LogP contribution in [0.1, 0.15) is 386 Å². The molecule has 0 aliphatic rings. The number of unbranched alkanes of at least 4 members (excludes halogenated alkanes) is 50. The molecule has 6 heteroatoms. The fourth-order valence-corrected chi connectivity index (χ4v) is 11.1. The molecule has 0 aliphatic heterocycles. The van der Waals surface area contributed by atoms with Crippen LogP contribution in [0.25, 0.3) is 0 Å². The van der Waals surface area contributed by atoms with Gasteiger partial charge < -0.3 is 20.3 Å². The van der Waals surface area contributed by atoms with Crippen LogP contribution in [0.5, 0.6) is 0 Å². The molecule has 0 aliphatic carbocycles. The van der Waals surface area contributed by atoms with Crippen molar-refractivity contribution in [2.75, 3.05) is 13.2 Å². The van der Waals surface area contributed by atoms with E-state index in [2.05, 4.69) is 55.6 Å². The Hall–Kier alpha value is -2.18. The molecule has 0 saturated carbocycles. The molecule has 80 heavy (non-hydrogen) atoms. The van der Waals surface area contributed by atoms with E-state index in [1.54, 1.807) is 6.08 Å². The van der Waals surface area contributed by atoms with E-state index in [1.165, 1.54) is 308 Å². The SMILES string of the molecule is CCCCCC/C=C\CCCCCCCC(=O)OCCCCCCCCCCCCCCCCC/C=C\C/C=C\CCCCCCCCCCCCCCCCCCCC(=O)NC(CO)C(O)/C=C/CCCCCCCCCCC. The normalized spacial score (nSPS) is 12.8. The number of nitrogens with one attached hydrogen (secondary N) is 1. The van der Waals surface area contributed by atoms with Crippen molar-refractivity contribution in [3.05, 3.63) is 48.6 Å². The molecular formula is C74H139NO5. The highest BCUT2D eigenvalue weighted by Gasteiger charge is 2.18. The number of aliphatic hydroxyl groups is 2. The highest BCUT2D eigenvalue weighted by molar-refractivity contribution is 5.76. The average Bonchev–Trinajstić information content (AvgIpc) is 3.46. The molecule has 2 unspecified atom stereocenters. The topological polar surface area (TPSA) is 95.9 Å². The average molecular weight is 1120 g/mol. The third-order valence-electron chi connectivity index (χ3n) is 16.6. The van der Waals surface area contributed by atoms with Crippen molar-refractivity contribution in [3.8, 4) is 0 Å². The van der Waals surface area contributed by atoms with Crippen LogP contribution in [-0.2, 0) is 14.3 Å². The molecule has 0 heterocycles. The van der Waals surface area contributed by atoms with Crippen LogP contribution in [0.4, 0.5) is 0 Å². The molecule has 0 fully saturated rings. The minimum absolute atomic E-state index is 0.0108. The molecule has 0 aromatic carbocycles. The first kappa shape index (κ1) is 77.8. The molecule has 2 atom stereocenters. The van der Waals surface area contributed by atoms with Gasteiger partial charge in [0.05, 0.1) is 25.4 Å². The summed E-state index contributed by atoms with van der Waals surface area (Å²) >= 11 is 0. The fraction of sp³-hybridized carbons (Fsp3) is 0.865. The molecule has 0 bridgehead atoms. The van der Waals surface area contributed by atoms with Crippen LogP contribution in [0.3, 0.4) is 0 Å². The summed E-state index contributed by atoms with van der Waals surface area (Å²) in [4.78, 5) is 24.5. The van der Waals surface area contributed by atoms with Gasteiger partial charge in [0.2, 0.25) is 5.91 Å². The van der Waals surface area contributed by atoms with Crippen molar-refractivity contribution in [2.24, 2.45) is 0 Å². The number of esters is 1. The van der Waals surface area contributed by atoms with Gasteiger partial charge in [-0.15, -0.1) is 0 Å². The van der Waals surface area contributed by atoms with Crippen LogP contribution in [-0.4, -0.2) is 47.4 Å². The van der Waals surface area contributed by atoms with Gasteiger partial charge in [0, 0.05) is 12.8 Å². The second-order valence-electron chi connectivity index (χ2n) is 24.6. The third kappa shape index (κ3) is 65.0. The second-order valence-corrected chi connectivity index (χ2v) is 24.6. The number of ether oxygens (including phenoxy) is 1. The zero-order valence-corrected chi connectivity index (χ0v) is 53.8. The van der Waals surface area contributed by atoms with Gasteiger partial charge in [0.1, 0.15) is 0 Å². The molecule has 3 N–H and O–H groups in total. The van der Waals surface area contributed by atoms with Crippen LogP contribution in [0.2, 0.25) is 0 Å². The number of carbonyl (C=O) groups excluding carboxylic acids is 2. The van der Waals surface area contributed by atoms with Crippen molar-refractivity contribution in [1.82, 2.24) is 5.32 Å². The number of rotatable bonds is 67. The summed E-state index contributed by atoms with van der Waals surface area (Å²) in [6.07, 6.45) is 90.8. The molecule has 0 aromatic heterocycles. The standard InChI is InChI=1S/C74H139NO5/c1-3-5-7-9-11-13-15-43-48-52-56-60-64-68-74(79)80-69-65-61-57-53-49-45-42-40-38-36-34-32-30-28-26-24-22-20-18-16-17-19-21-23-25-27-29-31-33-35-37-39-41-44-47-51-55-59-63-67-73(78)75-71(70-76)72(77)66-62-58-54-50-46-14-12-10-8-6-4-2/h13,15-17,20,22,62,66,71-72,76-77H,3-12,14,18-19,21,23-61,63-65,67-70H2,1-2H3,(H,75,78)/b15-13-,17-16-,22-20-,66-62+. The summed E-state index contributed by atoms with van der Waals surface area (Å²) in [6, 6.07) is -0.624. The van der Waals surface area contributed by atoms with Gasteiger partial charge in [-0.25, -0.2) is 0 Å². The molecular weight excluding hydrogens is 983 g/mol. The predicted octanol–water partition coefficient (Wildman–Crippen LogP) is 23.3. The van der Waals surface area contributed by atoms with Crippen molar-refractivity contribution in [3.63, 3.8) is 0 Å². The number of allylic oxidation sites excluding steroid dienone is 7. The van der Waals surface area contributed by atoms with Crippen LogP contribution in [0.15, 0.2) is 48.6 Å². The van der Waals surface area contributed by atoms with Gasteiger partial charge in [-0.1, -0.05) is 332 Å². The minimum atomic E-state index is -0.841. The predicted molar refractivity (Wildman–Crippen MR) is 352 cm³/mol. The van der Waals surface area contributed by atoms with E-state index in [1.807, 2.05) is 6.08 Å². The highest BCUT2D eigenvalue weighted by Crippen LogP contribution is 2.18. The molecule has 1 amide bonds. The molecule has 0 radical (unpaired) electrons. The van der Waals surface area contributed by atoms with Crippen LogP contribution in [0, 0.1) is 0 Å². The summed E-state index contributed by atoms with van der Waals surface area (Å²) in [7, 11) is 0. The number of hydrogen-bond donors (Lipinski definition) is 3. The lowest BCUT2D eigenvalue weighted by molar-refractivity contribution is -0.143. The molecule has 0 rings (SSSR count). The maximum absolute atomic E-state index is 12.4. The summed E-state index contributed by atoms with van der Waals surface area (Å²) in [5.74, 6) is -0.0543. The van der Waals surface area contributed by atoms with Crippen LogP contribution < -0.4 is 5.32 Å². The Morgan fingerprint density at radius 3 is 0.975 bits per heavy atom. The smallest absolute Gasteiger partial charge is 0.305 e. The van der Waals surface area contributed by atoms with Gasteiger partial charge in [-0.05, 0) is 89.9 Å². The van der Waals surface area contributed by atoms with E-state index in [4.69, 9.17) is 4.74 Å². The summed E-state index contributed by atoms with van der Waals surface area (Å²) in [6.45, 7) is 4.89. The fourth-order valence-electron chi connectivity index (χ4n) is 11.1. The van der Waals surface area contributed by atoms with Gasteiger partial charge in [-0.3, -0.25) is 9.59 Å². The Morgan fingerprint density at radius 2 is 0.625 bits per heavy atom. The Morgan fingerprint density at radius 1 is 0.350 bits per heavy atom. The highest BCUT2D eigenvalue weighted by atomic mass is 16.5. The number of carbonyl (C=O) groups is 2. The van der Waals surface area contributed by atoms with Gasteiger partial charge in [0.15, 0.2) is 0 Å². The lowest BCUT2D eigenvalue weighted by atomic mass is 10.0. The number of amides is 1. The second kappa shape index (κ2) is 69.3. The molecule has 0 spiro atoms. The number of aliphatic hydroxyl groups excluding tert-OH is 2.